The van der Waals surface area contributed by atoms with Crippen molar-refractivity contribution in [3.8, 4) is 11.3 Å². The average molecular weight is 632 g/mol. The van der Waals surface area contributed by atoms with Gasteiger partial charge in [0.1, 0.15) is 17.4 Å². The molecule has 0 saturated carbocycles. The van der Waals surface area contributed by atoms with Crippen LogP contribution < -0.4 is 16.1 Å². The molecule has 218 valence electrons. The number of hydrogen-bond acceptors (Lipinski definition) is 5. The Balaban J connectivity index is 1.58. The molecule has 0 bridgehead atoms. The van der Waals surface area contributed by atoms with Gasteiger partial charge < -0.3 is 15.5 Å². The maximum atomic E-state index is 14.5. The first-order valence-electron chi connectivity index (χ1n) is 14.1. The summed E-state index contributed by atoms with van der Waals surface area (Å²) in [7, 11) is 0. The van der Waals surface area contributed by atoms with Crippen molar-refractivity contribution in [1.82, 2.24) is 10.3 Å². The number of hydrogen-bond donors (Lipinski definition) is 2. The van der Waals surface area contributed by atoms with Crippen LogP contribution in [0.3, 0.4) is 0 Å². The van der Waals surface area contributed by atoms with Gasteiger partial charge in [-0.2, -0.15) is 0 Å². The highest BCUT2D eigenvalue weighted by atomic mass is 79.9. The van der Waals surface area contributed by atoms with Crippen molar-refractivity contribution in [3.05, 3.63) is 87.9 Å². The van der Waals surface area contributed by atoms with E-state index in [0.717, 1.165) is 21.0 Å². The van der Waals surface area contributed by atoms with Crippen molar-refractivity contribution in [2.24, 2.45) is 5.73 Å². The van der Waals surface area contributed by atoms with Crippen molar-refractivity contribution < 1.29 is 18.8 Å². The van der Waals surface area contributed by atoms with Crippen LogP contribution in [-0.2, 0) is 16.0 Å². The van der Waals surface area contributed by atoms with E-state index < -0.39 is 11.6 Å². The fourth-order valence-electron chi connectivity index (χ4n) is 5.38. The summed E-state index contributed by atoms with van der Waals surface area (Å²) in [6.45, 7) is 7.52. The fraction of sp³-hybridized carbons (Fsp3) is 0.303. The maximum absolute atomic E-state index is 14.5. The van der Waals surface area contributed by atoms with Gasteiger partial charge in [0.05, 0.1) is 11.3 Å². The van der Waals surface area contributed by atoms with Crippen LogP contribution in [-0.4, -0.2) is 40.9 Å². The molecule has 1 aliphatic heterocycles. The van der Waals surface area contributed by atoms with Gasteiger partial charge in [0.25, 0.3) is 11.8 Å². The second kappa shape index (κ2) is 11.7. The first-order valence-corrected chi connectivity index (χ1v) is 14.9. The Bertz CT molecular complexity index is 1640. The molecule has 42 heavy (non-hydrogen) atoms. The monoisotopic (exact) mass is 630 g/mol. The standard InChI is InChI=1S/C33H35BrN4O4/c1-5-37(31(40)23-16-14-20(2)30(34)29(23)27-18-22-11-7-9-13-26(22)42-27)38-25-12-8-6-10-21(25)15-17-24(32(38)41)36-28(39)19-33(3,4)35/h6-14,16,18,24H,5,15,17,19,35H2,1-4H3,(H,36,39). The second-order valence-electron chi connectivity index (χ2n) is 11.4. The smallest absolute Gasteiger partial charge is 0.273 e. The zero-order valence-electron chi connectivity index (χ0n) is 24.2. The molecule has 9 heteroatoms. The number of furan rings is 1. The third-order valence-corrected chi connectivity index (χ3v) is 8.42. The minimum Gasteiger partial charge on any atom is -0.456 e. The molecule has 8 nitrogen and oxygen atoms in total. The normalized spacial score (nSPS) is 15.3. The Kier molecular flexibility index (Phi) is 8.25. The summed E-state index contributed by atoms with van der Waals surface area (Å²) >= 11 is 3.70. The van der Waals surface area contributed by atoms with Crippen molar-refractivity contribution >= 4 is 50.3 Å². The van der Waals surface area contributed by atoms with Gasteiger partial charge in [-0.05, 0) is 91.9 Å². The first-order chi connectivity index (χ1) is 20.0. The minimum absolute atomic E-state index is 0.0679. The van der Waals surface area contributed by atoms with Crippen molar-refractivity contribution in [2.45, 2.75) is 58.5 Å². The number of hydrazine groups is 1. The highest BCUT2D eigenvalue weighted by molar-refractivity contribution is 9.10. The van der Waals surface area contributed by atoms with Crippen LogP contribution in [0.25, 0.3) is 22.3 Å². The Labute approximate surface area is 253 Å². The third-order valence-electron chi connectivity index (χ3n) is 7.39. The summed E-state index contributed by atoms with van der Waals surface area (Å²) in [5, 5.41) is 6.68. The van der Waals surface area contributed by atoms with E-state index in [0.29, 0.717) is 41.0 Å². The van der Waals surface area contributed by atoms with Crippen LogP contribution >= 0.6 is 15.9 Å². The zero-order chi connectivity index (χ0) is 30.2. The quantitative estimate of drug-likeness (QED) is 0.255. The summed E-state index contributed by atoms with van der Waals surface area (Å²) in [5.41, 5.74) is 9.51. The molecule has 1 unspecified atom stereocenters. The predicted octanol–water partition coefficient (Wildman–Crippen LogP) is 6.14. The number of carbonyl (C=O) groups excluding carboxylic acids is 3. The van der Waals surface area contributed by atoms with Crippen LogP contribution in [0, 0.1) is 6.92 Å². The van der Waals surface area contributed by atoms with Crippen LogP contribution in [0.5, 0.6) is 0 Å². The molecule has 2 heterocycles. The number of aryl methyl sites for hydroxylation is 2. The average Bonchev–Trinajstić information content (AvgIpc) is 3.32. The molecule has 0 spiro atoms. The lowest BCUT2D eigenvalue weighted by molar-refractivity contribution is -0.129. The second-order valence-corrected chi connectivity index (χ2v) is 12.2. The van der Waals surface area contributed by atoms with E-state index in [-0.39, 0.29) is 30.7 Å². The van der Waals surface area contributed by atoms with Crippen LogP contribution in [0.4, 0.5) is 5.69 Å². The van der Waals surface area contributed by atoms with Gasteiger partial charge in [-0.1, -0.05) is 42.5 Å². The largest absolute Gasteiger partial charge is 0.456 e. The Morgan fingerprint density at radius 2 is 1.83 bits per heavy atom. The number of nitrogens with zero attached hydrogens (tertiary/aromatic N) is 2. The number of benzene rings is 3. The van der Waals surface area contributed by atoms with Gasteiger partial charge in [0.15, 0.2) is 0 Å². The molecule has 0 fully saturated rings. The van der Waals surface area contributed by atoms with E-state index in [1.54, 1.807) is 19.9 Å². The lowest BCUT2D eigenvalue weighted by atomic mass is 10.0. The lowest BCUT2D eigenvalue weighted by Gasteiger charge is -2.36. The van der Waals surface area contributed by atoms with Gasteiger partial charge in [-0.25, -0.2) is 10.0 Å². The molecule has 1 atom stereocenters. The molecule has 0 radical (unpaired) electrons. The highest BCUT2D eigenvalue weighted by Gasteiger charge is 2.38. The first kappa shape index (κ1) is 29.5. The summed E-state index contributed by atoms with van der Waals surface area (Å²) < 4.78 is 6.94. The molecule has 4 aromatic rings. The van der Waals surface area contributed by atoms with Gasteiger partial charge in [0.2, 0.25) is 5.91 Å². The van der Waals surface area contributed by atoms with Gasteiger partial charge >= 0.3 is 0 Å². The van der Waals surface area contributed by atoms with Gasteiger partial charge in [0, 0.05) is 33.9 Å². The SMILES string of the molecule is CCN(C(=O)c1ccc(C)c(Br)c1-c1cc2ccccc2o1)N1C(=O)C(NC(=O)CC(C)(C)N)CCc2ccccc21. The highest BCUT2D eigenvalue weighted by Crippen LogP contribution is 2.39. The summed E-state index contributed by atoms with van der Waals surface area (Å²) in [6.07, 6.45) is 1.02. The number of nitrogens with two attached hydrogens (primary N) is 1. The molecule has 3 aromatic carbocycles. The minimum atomic E-state index is -0.825. The number of rotatable bonds is 7. The molecule has 5 rings (SSSR count). The van der Waals surface area contributed by atoms with Crippen molar-refractivity contribution in [3.63, 3.8) is 0 Å². The number of nitrogens with one attached hydrogen (secondary N) is 1. The predicted molar refractivity (Wildman–Crippen MR) is 168 cm³/mol. The summed E-state index contributed by atoms with van der Waals surface area (Å²) in [4.78, 5) is 41.5. The molecule has 1 aromatic heterocycles. The van der Waals surface area contributed by atoms with E-state index in [4.69, 9.17) is 10.2 Å². The van der Waals surface area contributed by atoms with Crippen molar-refractivity contribution in [2.75, 3.05) is 11.6 Å². The topological polar surface area (TPSA) is 109 Å². The van der Waals surface area contributed by atoms with E-state index in [2.05, 4.69) is 21.2 Å². The fourth-order valence-corrected chi connectivity index (χ4v) is 5.92. The number of fused-ring (bicyclic) bond motifs is 2. The van der Waals surface area contributed by atoms with Crippen molar-refractivity contribution in [1.29, 1.82) is 0 Å². The Hall–Kier alpha value is -3.95. The molecule has 3 N–H and O–H groups in total. The number of halogens is 1. The van der Waals surface area contributed by atoms with E-state index >= 15 is 0 Å². The molecule has 3 amide bonds. The molecular weight excluding hydrogens is 596 g/mol. The number of para-hydroxylation sites is 2. The van der Waals surface area contributed by atoms with Crippen LogP contribution in [0.2, 0.25) is 0 Å². The Morgan fingerprint density at radius 3 is 2.55 bits per heavy atom. The maximum Gasteiger partial charge on any atom is 0.273 e. The molecular formula is C33H35BrN4O4. The van der Waals surface area contributed by atoms with E-state index in [1.165, 1.54) is 10.0 Å². The van der Waals surface area contributed by atoms with E-state index in [1.807, 2.05) is 74.5 Å². The zero-order valence-corrected chi connectivity index (χ0v) is 25.8. The summed E-state index contributed by atoms with van der Waals surface area (Å²) in [6, 6.07) is 19.9. The van der Waals surface area contributed by atoms with Crippen LogP contribution in [0.1, 0.15) is 55.1 Å². The molecule has 0 aliphatic carbocycles. The summed E-state index contributed by atoms with van der Waals surface area (Å²) in [5.74, 6) is -0.513. The van der Waals surface area contributed by atoms with Gasteiger partial charge in [-0.15, -0.1) is 0 Å². The molecule has 1 aliphatic rings. The number of amides is 3. The number of carbonyl (C=O) groups is 3. The van der Waals surface area contributed by atoms with Gasteiger partial charge in [-0.3, -0.25) is 14.4 Å². The number of anilines is 1. The Morgan fingerprint density at radius 1 is 1.12 bits per heavy atom. The third kappa shape index (κ3) is 5.84. The van der Waals surface area contributed by atoms with Crippen LogP contribution in [0.15, 0.2) is 75.6 Å². The lowest BCUT2D eigenvalue weighted by Crippen LogP contribution is -2.57. The molecule has 0 saturated heterocycles. The van der Waals surface area contributed by atoms with E-state index in [9.17, 15) is 14.4 Å².